The van der Waals surface area contributed by atoms with E-state index in [9.17, 15) is 13.6 Å². The summed E-state index contributed by atoms with van der Waals surface area (Å²) in [4.78, 5) is 16.9. The third-order valence-corrected chi connectivity index (χ3v) is 7.07. The first-order valence-corrected chi connectivity index (χ1v) is 11.2. The number of hydrogen-bond donors (Lipinski definition) is 1. The third kappa shape index (κ3) is 5.37. The van der Waals surface area contributed by atoms with Gasteiger partial charge < -0.3 is 15.4 Å². The van der Waals surface area contributed by atoms with E-state index in [1.165, 1.54) is 32.4 Å². The van der Waals surface area contributed by atoms with E-state index in [0.717, 1.165) is 63.2 Å². The summed E-state index contributed by atoms with van der Waals surface area (Å²) in [7, 11) is 0. The lowest BCUT2D eigenvalue weighted by atomic mass is 9.77. The van der Waals surface area contributed by atoms with Crippen LogP contribution in [0.1, 0.15) is 38.5 Å². The summed E-state index contributed by atoms with van der Waals surface area (Å²) < 4.78 is 29.5. The van der Waals surface area contributed by atoms with E-state index >= 15 is 0 Å². The van der Waals surface area contributed by atoms with Crippen molar-refractivity contribution in [2.45, 2.75) is 50.6 Å². The number of ether oxygens (including phenoxy) is 1. The number of hydrogen-bond acceptors (Lipinski definition) is 4. The molecule has 1 aliphatic carbocycles. The molecular weight excluding hydrogens is 388 g/mol. The second-order valence-corrected chi connectivity index (χ2v) is 9.44. The lowest BCUT2D eigenvalue weighted by molar-refractivity contribution is -0.134. The van der Waals surface area contributed by atoms with Crippen molar-refractivity contribution in [3.8, 4) is 0 Å². The van der Waals surface area contributed by atoms with E-state index in [-0.39, 0.29) is 6.04 Å². The van der Waals surface area contributed by atoms with Gasteiger partial charge in [0.05, 0.1) is 13.2 Å². The first kappa shape index (κ1) is 21.7. The maximum Gasteiger partial charge on any atom is 0.225 e. The van der Waals surface area contributed by atoms with E-state index in [1.807, 2.05) is 0 Å². The summed E-state index contributed by atoms with van der Waals surface area (Å²) in [6.07, 6.45) is 6.96. The number of nitrogens with zero attached hydrogens (tertiary/aromatic N) is 2. The molecule has 3 heterocycles. The van der Waals surface area contributed by atoms with E-state index < -0.39 is 11.6 Å². The van der Waals surface area contributed by atoms with Gasteiger partial charge >= 0.3 is 0 Å². The molecule has 2 N–H and O–H groups in total. The molecule has 1 aromatic rings. The summed E-state index contributed by atoms with van der Waals surface area (Å²) in [6, 6.07) is 5.03. The van der Waals surface area contributed by atoms with E-state index in [4.69, 9.17) is 10.5 Å². The minimum absolute atomic E-state index is 0.202. The zero-order chi connectivity index (χ0) is 21.1. The molecule has 1 amide bonds. The van der Waals surface area contributed by atoms with Gasteiger partial charge in [-0.2, -0.15) is 0 Å². The summed E-state index contributed by atoms with van der Waals surface area (Å²) in [6.45, 7) is 5.87. The number of likely N-dealkylation sites (tertiary alicyclic amines) is 2. The molecule has 30 heavy (non-hydrogen) atoms. The largest absolute Gasteiger partial charge is 0.378 e. The highest BCUT2D eigenvalue weighted by atomic mass is 19.1. The Morgan fingerprint density at radius 1 is 1.00 bits per heavy atom. The highest BCUT2D eigenvalue weighted by Gasteiger charge is 2.45. The van der Waals surface area contributed by atoms with Gasteiger partial charge in [0.25, 0.3) is 0 Å². The van der Waals surface area contributed by atoms with Crippen LogP contribution in [0.15, 0.2) is 24.3 Å². The molecule has 0 bridgehead atoms. The van der Waals surface area contributed by atoms with Gasteiger partial charge in [-0.25, -0.2) is 8.78 Å². The molecule has 0 radical (unpaired) electrons. The Labute approximate surface area is 177 Å². The van der Waals surface area contributed by atoms with E-state index in [1.54, 1.807) is 0 Å². The Hall–Kier alpha value is -1.57. The summed E-state index contributed by atoms with van der Waals surface area (Å²) in [5.41, 5.74) is 6.50. The van der Waals surface area contributed by atoms with Crippen molar-refractivity contribution in [3.05, 3.63) is 35.9 Å². The quantitative estimate of drug-likeness (QED) is 0.798. The molecule has 4 aliphatic rings. The minimum Gasteiger partial charge on any atom is -0.378 e. The molecule has 1 spiro atoms. The zero-order valence-corrected chi connectivity index (χ0v) is 17.6. The average molecular weight is 422 g/mol. The van der Waals surface area contributed by atoms with Crippen LogP contribution in [0, 0.1) is 23.0 Å². The first-order chi connectivity index (χ1) is 14.4. The van der Waals surface area contributed by atoms with Crippen LogP contribution in [0.5, 0.6) is 0 Å². The van der Waals surface area contributed by atoms with Gasteiger partial charge in [0.2, 0.25) is 5.91 Å². The van der Waals surface area contributed by atoms with Gasteiger partial charge in [0.15, 0.2) is 0 Å². The fourth-order valence-corrected chi connectivity index (χ4v) is 5.00. The van der Waals surface area contributed by atoms with Crippen LogP contribution in [-0.4, -0.2) is 67.2 Å². The van der Waals surface area contributed by atoms with Crippen molar-refractivity contribution in [2.75, 3.05) is 39.4 Å². The Bertz CT molecular complexity index is 697. The second-order valence-electron chi connectivity index (χ2n) is 9.44. The van der Waals surface area contributed by atoms with Crippen molar-refractivity contribution < 1.29 is 18.3 Å². The Morgan fingerprint density at radius 2 is 1.60 bits per heavy atom. The molecule has 1 saturated carbocycles. The lowest BCUT2D eigenvalue weighted by Gasteiger charge is -2.41. The number of amides is 1. The Morgan fingerprint density at radius 3 is 2.17 bits per heavy atom. The van der Waals surface area contributed by atoms with Crippen LogP contribution < -0.4 is 5.73 Å². The maximum absolute atomic E-state index is 12.2. The zero-order valence-electron chi connectivity index (χ0n) is 17.6. The van der Waals surface area contributed by atoms with Gasteiger partial charge in [-0.1, -0.05) is 0 Å². The van der Waals surface area contributed by atoms with Gasteiger partial charge in [-0.15, -0.1) is 0 Å². The Kier molecular flexibility index (Phi) is 6.70. The van der Waals surface area contributed by atoms with E-state index in [0.29, 0.717) is 29.9 Å². The minimum atomic E-state index is -0.411. The van der Waals surface area contributed by atoms with Crippen molar-refractivity contribution in [2.24, 2.45) is 17.1 Å². The van der Waals surface area contributed by atoms with Crippen LogP contribution in [0.2, 0.25) is 0 Å². The van der Waals surface area contributed by atoms with Crippen LogP contribution in [0.3, 0.4) is 0 Å². The van der Waals surface area contributed by atoms with Crippen molar-refractivity contribution >= 4 is 5.91 Å². The predicted molar refractivity (Wildman–Crippen MR) is 111 cm³/mol. The molecule has 7 heteroatoms. The van der Waals surface area contributed by atoms with Crippen LogP contribution in [0.25, 0.3) is 0 Å². The standard InChI is InChI=1S/C17H29N3O2.C6H4F2/c18-14-9-15(11-22-10-14)20-8-5-17(12-20)3-6-19(7-4-17)16(21)13-1-2-13;7-5-1-2-6(8)4-3-5/h13-15H,1-12,18H2;1-4H. The normalized spacial score (nSPS) is 28.8. The molecule has 1 aromatic carbocycles. The highest BCUT2D eigenvalue weighted by Crippen LogP contribution is 2.42. The first-order valence-electron chi connectivity index (χ1n) is 11.2. The number of benzene rings is 1. The predicted octanol–water partition coefficient (Wildman–Crippen LogP) is 2.79. The summed E-state index contributed by atoms with van der Waals surface area (Å²) >= 11 is 0. The number of halogens is 2. The van der Waals surface area contributed by atoms with Crippen LogP contribution in [0.4, 0.5) is 8.78 Å². The van der Waals surface area contributed by atoms with Gasteiger partial charge in [0, 0.05) is 37.6 Å². The van der Waals surface area contributed by atoms with Crippen molar-refractivity contribution in [3.63, 3.8) is 0 Å². The van der Waals surface area contributed by atoms with Crippen molar-refractivity contribution in [1.82, 2.24) is 9.80 Å². The monoisotopic (exact) mass is 421 g/mol. The van der Waals surface area contributed by atoms with Crippen LogP contribution >= 0.6 is 0 Å². The molecule has 2 atom stereocenters. The fraction of sp³-hybridized carbons (Fsp3) is 0.696. The van der Waals surface area contributed by atoms with Crippen LogP contribution in [-0.2, 0) is 9.53 Å². The molecule has 2 unspecified atom stereocenters. The topological polar surface area (TPSA) is 58.8 Å². The third-order valence-electron chi connectivity index (χ3n) is 7.07. The molecule has 5 rings (SSSR count). The lowest BCUT2D eigenvalue weighted by Crippen LogP contribution is -2.49. The molecule has 3 aliphatic heterocycles. The molecule has 3 saturated heterocycles. The molecule has 166 valence electrons. The Balaban J connectivity index is 0.000000230. The molecular formula is C23H33F2N3O2. The number of piperidine rings is 1. The number of carbonyl (C=O) groups is 1. The van der Waals surface area contributed by atoms with Gasteiger partial charge in [0.1, 0.15) is 11.6 Å². The smallest absolute Gasteiger partial charge is 0.225 e. The average Bonchev–Trinajstić information content (AvgIpc) is 3.52. The highest BCUT2D eigenvalue weighted by molar-refractivity contribution is 5.81. The fourth-order valence-electron chi connectivity index (χ4n) is 5.00. The molecule has 5 nitrogen and oxygen atoms in total. The maximum atomic E-state index is 12.2. The van der Waals surface area contributed by atoms with Gasteiger partial charge in [-0.05, 0) is 74.8 Å². The summed E-state index contributed by atoms with van der Waals surface area (Å²) in [5.74, 6) is -0.0239. The van der Waals surface area contributed by atoms with Crippen molar-refractivity contribution in [1.29, 1.82) is 0 Å². The number of nitrogens with two attached hydrogens (primary N) is 1. The molecule has 4 fully saturated rings. The second kappa shape index (κ2) is 9.28. The SMILES string of the molecule is Fc1ccc(F)cc1.NC1COCC(N2CCC3(CCN(C(=O)C4CC4)CC3)C2)C1. The van der Waals surface area contributed by atoms with Gasteiger partial charge in [-0.3, -0.25) is 9.69 Å². The number of carbonyl (C=O) groups excluding carboxylic acids is 1. The van der Waals surface area contributed by atoms with E-state index in [2.05, 4.69) is 9.80 Å². The number of rotatable bonds is 2. The summed E-state index contributed by atoms with van der Waals surface area (Å²) in [5, 5.41) is 0. The molecule has 0 aromatic heterocycles.